The molecule has 0 unspecified atom stereocenters. The molecular formula is C15H21NO5S. The van der Waals surface area contributed by atoms with Crippen LogP contribution in [0.1, 0.15) is 36.2 Å². The third-order valence-corrected chi connectivity index (χ3v) is 4.17. The lowest BCUT2D eigenvalue weighted by atomic mass is 10.1. The molecule has 0 aromatic heterocycles. The van der Waals surface area contributed by atoms with Crippen LogP contribution in [0.4, 0.5) is 0 Å². The van der Waals surface area contributed by atoms with Crippen LogP contribution in [-0.4, -0.2) is 39.2 Å². The molecule has 6 nitrogen and oxygen atoms in total. The number of sulfone groups is 1. The smallest absolute Gasteiger partial charge is 0.339 e. The first-order valence-corrected chi connectivity index (χ1v) is 8.85. The molecule has 0 radical (unpaired) electrons. The SMILES string of the molecule is CCCNC(=O)[C@H](C)OC(=O)c1cc(S(C)(=O)=O)ccc1C. The van der Waals surface area contributed by atoms with Gasteiger partial charge >= 0.3 is 5.97 Å². The molecule has 0 spiro atoms. The number of aryl methyl sites for hydroxylation is 1. The fourth-order valence-electron chi connectivity index (χ4n) is 1.72. The van der Waals surface area contributed by atoms with E-state index in [1.165, 1.54) is 25.1 Å². The van der Waals surface area contributed by atoms with Crippen molar-refractivity contribution in [2.45, 2.75) is 38.2 Å². The summed E-state index contributed by atoms with van der Waals surface area (Å²) < 4.78 is 28.2. The molecule has 0 aliphatic heterocycles. The van der Waals surface area contributed by atoms with Crippen molar-refractivity contribution >= 4 is 21.7 Å². The molecule has 1 N–H and O–H groups in total. The van der Waals surface area contributed by atoms with Crippen molar-refractivity contribution in [1.29, 1.82) is 0 Å². The van der Waals surface area contributed by atoms with E-state index >= 15 is 0 Å². The fourth-order valence-corrected chi connectivity index (χ4v) is 2.37. The van der Waals surface area contributed by atoms with Gasteiger partial charge in [0.25, 0.3) is 5.91 Å². The Morgan fingerprint density at radius 3 is 2.50 bits per heavy atom. The van der Waals surface area contributed by atoms with Crippen LogP contribution in [0.15, 0.2) is 23.1 Å². The van der Waals surface area contributed by atoms with Gasteiger partial charge in [-0.05, 0) is 38.0 Å². The largest absolute Gasteiger partial charge is 0.449 e. The van der Waals surface area contributed by atoms with Crippen LogP contribution in [0.5, 0.6) is 0 Å². The zero-order chi connectivity index (χ0) is 16.9. The van der Waals surface area contributed by atoms with Gasteiger partial charge in [-0.2, -0.15) is 0 Å². The number of carbonyl (C=O) groups is 2. The standard InChI is InChI=1S/C15H21NO5S/c1-5-8-16-14(17)11(3)21-15(18)13-9-12(22(4,19)20)7-6-10(13)2/h6-7,9,11H,5,8H2,1-4H3,(H,16,17)/t11-/m0/s1. The molecule has 0 aliphatic carbocycles. The third-order valence-electron chi connectivity index (χ3n) is 3.06. The van der Waals surface area contributed by atoms with Crippen LogP contribution in [0, 0.1) is 6.92 Å². The highest BCUT2D eigenvalue weighted by molar-refractivity contribution is 7.90. The van der Waals surface area contributed by atoms with Gasteiger partial charge < -0.3 is 10.1 Å². The molecule has 22 heavy (non-hydrogen) atoms. The number of esters is 1. The number of ether oxygens (including phenoxy) is 1. The van der Waals surface area contributed by atoms with Crippen LogP contribution in [0.3, 0.4) is 0 Å². The van der Waals surface area contributed by atoms with Crippen molar-refractivity contribution in [2.75, 3.05) is 12.8 Å². The maximum absolute atomic E-state index is 12.1. The van der Waals surface area contributed by atoms with Gasteiger partial charge in [-0.15, -0.1) is 0 Å². The second-order valence-electron chi connectivity index (χ2n) is 5.09. The van der Waals surface area contributed by atoms with E-state index in [9.17, 15) is 18.0 Å². The molecule has 0 fully saturated rings. The Labute approximate surface area is 130 Å². The van der Waals surface area contributed by atoms with E-state index in [4.69, 9.17) is 4.74 Å². The van der Waals surface area contributed by atoms with Gasteiger partial charge in [-0.3, -0.25) is 4.79 Å². The minimum Gasteiger partial charge on any atom is -0.449 e. The van der Waals surface area contributed by atoms with E-state index in [2.05, 4.69) is 5.32 Å². The average molecular weight is 327 g/mol. The minimum atomic E-state index is -3.42. The van der Waals surface area contributed by atoms with Gasteiger partial charge in [0.05, 0.1) is 10.5 Å². The van der Waals surface area contributed by atoms with Gasteiger partial charge in [0.2, 0.25) is 0 Å². The molecule has 0 saturated carbocycles. The summed E-state index contributed by atoms with van der Waals surface area (Å²) in [4.78, 5) is 23.9. The van der Waals surface area contributed by atoms with Gasteiger partial charge in [-0.1, -0.05) is 13.0 Å². The molecule has 0 bridgehead atoms. The van der Waals surface area contributed by atoms with E-state index in [1.54, 1.807) is 6.92 Å². The summed E-state index contributed by atoms with van der Waals surface area (Å²) in [5.41, 5.74) is 0.719. The molecule has 1 aromatic carbocycles. The molecular weight excluding hydrogens is 306 g/mol. The number of amides is 1. The molecule has 122 valence electrons. The van der Waals surface area contributed by atoms with Crippen LogP contribution in [-0.2, 0) is 19.4 Å². The maximum atomic E-state index is 12.1. The van der Waals surface area contributed by atoms with E-state index in [0.717, 1.165) is 12.7 Å². The van der Waals surface area contributed by atoms with Crippen LogP contribution >= 0.6 is 0 Å². The molecule has 1 aromatic rings. The average Bonchev–Trinajstić information content (AvgIpc) is 2.43. The highest BCUT2D eigenvalue weighted by atomic mass is 32.2. The Morgan fingerprint density at radius 1 is 1.32 bits per heavy atom. The van der Waals surface area contributed by atoms with Crippen molar-refractivity contribution in [1.82, 2.24) is 5.32 Å². The Bertz CT molecular complexity index is 667. The lowest BCUT2D eigenvalue weighted by Crippen LogP contribution is -2.36. The third kappa shape index (κ3) is 4.84. The molecule has 0 aliphatic rings. The van der Waals surface area contributed by atoms with Crippen molar-refractivity contribution in [3.05, 3.63) is 29.3 Å². The Morgan fingerprint density at radius 2 is 1.95 bits per heavy atom. The van der Waals surface area contributed by atoms with Crippen LogP contribution < -0.4 is 5.32 Å². The maximum Gasteiger partial charge on any atom is 0.339 e. The Hall–Kier alpha value is -1.89. The van der Waals surface area contributed by atoms with Crippen molar-refractivity contribution < 1.29 is 22.7 Å². The minimum absolute atomic E-state index is 0.0353. The van der Waals surface area contributed by atoms with Gasteiger partial charge in [-0.25, -0.2) is 13.2 Å². The second-order valence-corrected chi connectivity index (χ2v) is 7.10. The normalized spacial score (nSPS) is 12.5. The summed E-state index contributed by atoms with van der Waals surface area (Å²) in [5, 5.41) is 2.63. The predicted molar refractivity (Wildman–Crippen MR) is 82.5 cm³/mol. The molecule has 7 heteroatoms. The molecule has 0 heterocycles. The number of carbonyl (C=O) groups excluding carboxylic acids is 2. The Kier molecular flexibility index (Phi) is 6.11. The fraction of sp³-hybridized carbons (Fsp3) is 0.467. The zero-order valence-corrected chi connectivity index (χ0v) is 14.0. The predicted octanol–water partition coefficient (Wildman–Crippen LogP) is 1.47. The van der Waals surface area contributed by atoms with E-state index in [-0.39, 0.29) is 16.4 Å². The summed E-state index contributed by atoms with van der Waals surface area (Å²) in [6, 6.07) is 4.23. The van der Waals surface area contributed by atoms with Gasteiger partial charge in [0.15, 0.2) is 15.9 Å². The summed E-state index contributed by atoms with van der Waals surface area (Å²) in [6.45, 7) is 5.56. The van der Waals surface area contributed by atoms with E-state index in [1.807, 2.05) is 6.92 Å². The highest BCUT2D eigenvalue weighted by Crippen LogP contribution is 2.17. The first-order valence-electron chi connectivity index (χ1n) is 6.96. The summed E-state index contributed by atoms with van der Waals surface area (Å²) >= 11 is 0. The van der Waals surface area contributed by atoms with Crippen LogP contribution in [0.2, 0.25) is 0 Å². The molecule has 0 saturated heterocycles. The quantitative estimate of drug-likeness (QED) is 0.799. The second kappa shape index (κ2) is 7.40. The number of hydrogen-bond donors (Lipinski definition) is 1. The summed E-state index contributed by atoms with van der Waals surface area (Å²) in [7, 11) is -3.42. The summed E-state index contributed by atoms with van der Waals surface area (Å²) in [6.07, 6.45) is 0.899. The number of benzene rings is 1. The lowest BCUT2D eigenvalue weighted by molar-refractivity contribution is -0.129. The highest BCUT2D eigenvalue weighted by Gasteiger charge is 2.21. The molecule has 1 rings (SSSR count). The molecule has 1 atom stereocenters. The zero-order valence-electron chi connectivity index (χ0n) is 13.2. The number of nitrogens with one attached hydrogen (secondary N) is 1. The monoisotopic (exact) mass is 327 g/mol. The van der Waals surface area contributed by atoms with Crippen molar-refractivity contribution in [2.24, 2.45) is 0 Å². The number of rotatable bonds is 6. The van der Waals surface area contributed by atoms with Crippen molar-refractivity contribution in [3.63, 3.8) is 0 Å². The van der Waals surface area contributed by atoms with Gasteiger partial charge in [0, 0.05) is 12.8 Å². The van der Waals surface area contributed by atoms with Crippen LogP contribution in [0.25, 0.3) is 0 Å². The van der Waals surface area contributed by atoms with Crippen molar-refractivity contribution in [3.8, 4) is 0 Å². The van der Waals surface area contributed by atoms with E-state index < -0.39 is 21.9 Å². The Balaban J connectivity index is 2.92. The topological polar surface area (TPSA) is 89.5 Å². The van der Waals surface area contributed by atoms with Gasteiger partial charge in [0.1, 0.15) is 0 Å². The van der Waals surface area contributed by atoms with E-state index in [0.29, 0.717) is 12.1 Å². The number of hydrogen-bond acceptors (Lipinski definition) is 5. The first kappa shape index (κ1) is 18.2. The lowest BCUT2D eigenvalue weighted by Gasteiger charge is -2.14. The molecule has 1 amide bonds. The first-order chi connectivity index (χ1) is 10.2. The summed E-state index contributed by atoms with van der Waals surface area (Å²) in [5.74, 6) is -1.10.